The molecule has 2 fully saturated rings. The number of rotatable bonds is 3. The highest BCUT2D eigenvalue weighted by atomic mass is 16.3. The largest absolute Gasteiger partial charge is 0.396 e. The molecule has 0 aromatic heterocycles. The van der Waals surface area contributed by atoms with Crippen LogP contribution >= 0.6 is 0 Å². The summed E-state index contributed by atoms with van der Waals surface area (Å²) >= 11 is 0. The number of likely N-dealkylation sites (tertiary alicyclic amines) is 1. The van der Waals surface area contributed by atoms with Gasteiger partial charge in [0.15, 0.2) is 0 Å². The lowest BCUT2D eigenvalue weighted by Gasteiger charge is -2.49. The summed E-state index contributed by atoms with van der Waals surface area (Å²) in [7, 11) is 0. The van der Waals surface area contributed by atoms with Gasteiger partial charge < -0.3 is 5.11 Å². The van der Waals surface area contributed by atoms with E-state index < -0.39 is 0 Å². The summed E-state index contributed by atoms with van der Waals surface area (Å²) in [6.07, 6.45) is 12.1. The maximum Gasteiger partial charge on any atom is 0.0433 e. The third-order valence-electron chi connectivity index (χ3n) is 5.15. The number of aliphatic hydroxyl groups is 1. The molecule has 2 nitrogen and oxygen atoms in total. The smallest absolute Gasteiger partial charge is 0.0433 e. The Morgan fingerprint density at radius 2 is 1.72 bits per heavy atom. The van der Waals surface area contributed by atoms with E-state index in [9.17, 15) is 0 Å². The van der Waals surface area contributed by atoms with Gasteiger partial charge in [0.25, 0.3) is 0 Å². The second kappa shape index (κ2) is 6.38. The molecule has 0 radical (unpaired) electrons. The van der Waals surface area contributed by atoms with E-state index in [1.807, 2.05) is 0 Å². The topological polar surface area (TPSA) is 23.5 Å². The second-order valence-electron chi connectivity index (χ2n) is 7.02. The molecule has 0 aromatic rings. The van der Waals surface area contributed by atoms with Gasteiger partial charge in [-0.1, -0.05) is 25.7 Å². The summed E-state index contributed by atoms with van der Waals surface area (Å²) in [5.41, 5.74) is 0.340. The van der Waals surface area contributed by atoms with E-state index in [1.165, 1.54) is 57.9 Å². The first-order valence-electron chi connectivity index (χ1n) is 8.01. The van der Waals surface area contributed by atoms with Crippen LogP contribution in [-0.2, 0) is 0 Å². The number of hydrogen-bond acceptors (Lipinski definition) is 2. The van der Waals surface area contributed by atoms with E-state index in [-0.39, 0.29) is 0 Å². The van der Waals surface area contributed by atoms with Crippen LogP contribution in [0.1, 0.15) is 71.6 Å². The maximum absolute atomic E-state index is 9.13. The zero-order valence-corrected chi connectivity index (χ0v) is 12.3. The molecule has 0 bridgehead atoms. The number of hydrogen-bond donors (Lipinski definition) is 1. The summed E-state index contributed by atoms with van der Waals surface area (Å²) in [6.45, 7) is 6.45. The molecule has 0 amide bonds. The summed E-state index contributed by atoms with van der Waals surface area (Å²) in [5.74, 6) is 0.743. The molecule has 1 aliphatic heterocycles. The molecule has 0 aromatic carbocycles. The van der Waals surface area contributed by atoms with Gasteiger partial charge in [0.05, 0.1) is 0 Å². The standard InChI is InChI=1S/C16H31NO/c1-16(2)13-14(10-12-18)9-11-17(16)15-7-5-3-4-6-8-15/h14-15,18H,3-13H2,1-2H3. The first kappa shape index (κ1) is 14.3. The maximum atomic E-state index is 9.13. The average molecular weight is 253 g/mol. The fourth-order valence-electron chi connectivity index (χ4n) is 4.23. The van der Waals surface area contributed by atoms with Crippen LogP contribution in [0, 0.1) is 5.92 Å². The van der Waals surface area contributed by atoms with Crippen molar-refractivity contribution in [1.29, 1.82) is 0 Å². The van der Waals surface area contributed by atoms with Gasteiger partial charge in [0.1, 0.15) is 0 Å². The minimum Gasteiger partial charge on any atom is -0.396 e. The van der Waals surface area contributed by atoms with Crippen LogP contribution in [0.5, 0.6) is 0 Å². The zero-order chi connectivity index (χ0) is 13.0. The van der Waals surface area contributed by atoms with Gasteiger partial charge >= 0.3 is 0 Å². The van der Waals surface area contributed by atoms with Crippen LogP contribution in [0.25, 0.3) is 0 Å². The van der Waals surface area contributed by atoms with Gasteiger partial charge in [0.2, 0.25) is 0 Å². The Morgan fingerprint density at radius 1 is 1.06 bits per heavy atom. The number of nitrogens with zero attached hydrogens (tertiary/aromatic N) is 1. The molecule has 2 rings (SSSR count). The molecule has 1 saturated heterocycles. The molecule has 1 aliphatic carbocycles. The average Bonchev–Trinajstić information content (AvgIpc) is 2.57. The Balaban J connectivity index is 1.95. The van der Waals surface area contributed by atoms with Crippen LogP contribution in [0.3, 0.4) is 0 Å². The quantitative estimate of drug-likeness (QED) is 0.777. The molecule has 18 heavy (non-hydrogen) atoms. The number of aliphatic hydroxyl groups excluding tert-OH is 1. The van der Waals surface area contributed by atoms with Crippen LogP contribution in [-0.4, -0.2) is 34.7 Å². The van der Waals surface area contributed by atoms with Gasteiger partial charge in [-0.2, -0.15) is 0 Å². The fraction of sp³-hybridized carbons (Fsp3) is 1.00. The lowest BCUT2D eigenvalue weighted by Crippen LogP contribution is -2.54. The first-order valence-corrected chi connectivity index (χ1v) is 8.01. The van der Waals surface area contributed by atoms with Crippen LogP contribution in [0.4, 0.5) is 0 Å². The normalized spacial score (nSPS) is 31.2. The van der Waals surface area contributed by atoms with Crippen molar-refractivity contribution < 1.29 is 5.11 Å². The van der Waals surface area contributed by atoms with E-state index in [4.69, 9.17) is 5.11 Å². The third kappa shape index (κ3) is 3.48. The Kier molecular flexibility index (Phi) is 5.08. The van der Waals surface area contributed by atoms with Crippen molar-refractivity contribution in [2.24, 2.45) is 5.92 Å². The zero-order valence-electron chi connectivity index (χ0n) is 12.3. The molecule has 1 unspecified atom stereocenters. The summed E-state index contributed by atoms with van der Waals surface area (Å²) in [6, 6.07) is 0.831. The third-order valence-corrected chi connectivity index (χ3v) is 5.15. The molecular formula is C16H31NO. The molecule has 1 N–H and O–H groups in total. The van der Waals surface area contributed by atoms with E-state index in [2.05, 4.69) is 18.7 Å². The van der Waals surface area contributed by atoms with Gasteiger partial charge in [-0.25, -0.2) is 0 Å². The summed E-state index contributed by atoms with van der Waals surface area (Å²) in [5, 5.41) is 9.13. The SMILES string of the molecule is CC1(C)CC(CCO)CCN1C1CCCCCC1. The van der Waals surface area contributed by atoms with Gasteiger partial charge in [-0.15, -0.1) is 0 Å². The Hall–Kier alpha value is -0.0800. The van der Waals surface area contributed by atoms with Crippen molar-refractivity contribution in [2.75, 3.05) is 13.2 Å². The van der Waals surface area contributed by atoms with Gasteiger partial charge in [-0.3, -0.25) is 4.90 Å². The molecule has 1 saturated carbocycles. The molecule has 0 spiro atoms. The second-order valence-corrected chi connectivity index (χ2v) is 7.02. The van der Waals surface area contributed by atoms with Crippen molar-refractivity contribution >= 4 is 0 Å². The first-order chi connectivity index (χ1) is 8.63. The predicted molar refractivity (Wildman–Crippen MR) is 76.7 cm³/mol. The summed E-state index contributed by atoms with van der Waals surface area (Å²) < 4.78 is 0. The fourth-order valence-corrected chi connectivity index (χ4v) is 4.23. The molecule has 106 valence electrons. The monoisotopic (exact) mass is 253 g/mol. The van der Waals surface area contributed by atoms with E-state index in [1.54, 1.807) is 0 Å². The highest BCUT2D eigenvalue weighted by Gasteiger charge is 2.38. The minimum atomic E-state index is 0.340. The van der Waals surface area contributed by atoms with Crippen molar-refractivity contribution in [3.63, 3.8) is 0 Å². The lowest BCUT2D eigenvalue weighted by molar-refractivity contribution is -0.00107. The molecule has 1 heterocycles. The molecule has 1 atom stereocenters. The highest BCUT2D eigenvalue weighted by molar-refractivity contribution is 4.93. The Morgan fingerprint density at radius 3 is 2.28 bits per heavy atom. The molecule has 2 aliphatic rings. The lowest BCUT2D eigenvalue weighted by atomic mass is 9.79. The van der Waals surface area contributed by atoms with Crippen LogP contribution in [0.15, 0.2) is 0 Å². The molecular weight excluding hydrogens is 222 g/mol. The van der Waals surface area contributed by atoms with Crippen molar-refractivity contribution in [2.45, 2.75) is 83.2 Å². The Bertz CT molecular complexity index is 243. The van der Waals surface area contributed by atoms with E-state index >= 15 is 0 Å². The van der Waals surface area contributed by atoms with Crippen LogP contribution in [0.2, 0.25) is 0 Å². The predicted octanol–water partition coefficient (Wildman–Crippen LogP) is 3.58. The van der Waals surface area contributed by atoms with Gasteiger partial charge in [0, 0.05) is 18.2 Å². The highest BCUT2D eigenvalue weighted by Crippen LogP contribution is 2.37. The molecule has 2 heteroatoms. The Labute approximate surface area is 113 Å². The number of piperidine rings is 1. The van der Waals surface area contributed by atoms with Crippen molar-refractivity contribution in [3.05, 3.63) is 0 Å². The van der Waals surface area contributed by atoms with Crippen LogP contribution < -0.4 is 0 Å². The van der Waals surface area contributed by atoms with Crippen molar-refractivity contribution in [3.8, 4) is 0 Å². The van der Waals surface area contributed by atoms with E-state index in [0.29, 0.717) is 12.1 Å². The van der Waals surface area contributed by atoms with Gasteiger partial charge in [-0.05, 0) is 58.4 Å². The van der Waals surface area contributed by atoms with Crippen molar-refractivity contribution in [1.82, 2.24) is 4.90 Å². The minimum absolute atomic E-state index is 0.340. The summed E-state index contributed by atoms with van der Waals surface area (Å²) in [4.78, 5) is 2.80. The van der Waals surface area contributed by atoms with E-state index in [0.717, 1.165) is 18.4 Å².